The second-order valence-corrected chi connectivity index (χ2v) is 17.7. The average molecular weight is 899 g/mol. The number of hydroxylamine groups is 1. The summed E-state index contributed by atoms with van der Waals surface area (Å²) in [6, 6.07) is 14.2. The van der Waals surface area contributed by atoms with Crippen LogP contribution in [0.2, 0.25) is 0 Å². The van der Waals surface area contributed by atoms with E-state index in [0.717, 1.165) is 71.0 Å². The molecule has 3 saturated heterocycles. The molecule has 16 nitrogen and oxygen atoms in total. The number of methoxy groups -OCH3 is 1. The third kappa shape index (κ3) is 10.9. The Morgan fingerprint density at radius 1 is 0.803 bits per heavy atom. The van der Waals surface area contributed by atoms with Crippen LogP contribution in [-0.4, -0.2) is 141 Å². The molecule has 5 N–H and O–H groups in total. The summed E-state index contributed by atoms with van der Waals surface area (Å²) < 4.78 is 4.97. The molecule has 3 fully saturated rings. The third-order valence-electron chi connectivity index (χ3n) is 13.0. The Balaban J connectivity index is 0.877. The highest BCUT2D eigenvalue weighted by atomic mass is 16.7. The van der Waals surface area contributed by atoms with Crippen LogP contribution >= 0.6 is 0 Å². The van der Waals surface area contributed by atoms with Gasteiger partial charge in [-0.15, -0.1) is 0 Å². The number of benzene rings is 2. The van der Waals surface area contributed by atoms with Gasteiger partial charge in [0.05, 0.1) is 42.5 Å². The minimum absolute atomic E-state index is 0.0167. The van der Waals surface area contributed by atoms with Crippen LogP contribution in [-0.2, 0) is 19.2 Å². The van der Waals surface area contributed by atoms with Crippen molar-refractivity contribution in [3.8, 4) is 34.4 Å². The number of allylic oxidation sites excluding steroid dienone is 3. The molecule has 66 heavy (non-hydrogen) atoms. The Bertz CT molecular complexity index is 2390. The second kappa shape index (κ2) is 21.9. The first kappa shape index (κ1) is 46.4. The first-order valence-corrected chi connectivity index (χ1v) is 23.2. The molecule has 8 rings (SSSR count). The third-order valence-corrected chi connectivity index (χ3v) is 13.0. The van der Waals surface area contributed by atoms with E-state index >= 15 is 0 Å². The number of likely N-dealkylation sites (tertiary alicyclic amines) is 2. The van der Waals surface area contributed by atoms with Gasteiger partial charge in [0.1, 0.15) is 23.7 Å². The molecule has 348 valence electrons. The summed E-state index contributed by atoms with van der Waals surface area (Å²) in [6.07, 6.45) is 15.6. The lowest BCUT2D eigenvalue weighted by Crippen LogP contribution is -2.58. The molecule has 5 atom stereocenters. The number of aromatic nitrogens is 4. The zero-order chi connectivity index (χ0) is 46.0. The van der Waals surface area contributed by atoms with E-state index in [2.05, 4.69) is 37.5 Å². The molecule has 0 saturated carbocycles. The van der Waals surface area contributed by atoms with Crippen LogP contribution in [0.3, 0.4) is 0 Å². The number of urea groups is 1. The molecule has 2 aromatic heterocycles. The molecule has 4 aromatic rings. The Labute approximate surface area is 386 Å². The number of ether oxygens (including phenoxy) is 1. The highest BCUT2D eigenvalue weighted by molar-refractivity contribution is 5.88. The van der Waals surface area contributed by atoms with Crippen LogP contribution in [0.25, 0.3) is 22.5 Å². The minimum Gasteiger partial charge on any atom is -0.395 e. The average Bonchev–Trinajstić information content (AvgIpc) is 4.20. The number of H-pyrrole nitrogens is 2. The zero-order valence-corrected chi connectivity index (χ0v) is 38.1. The Hall–Kier alpha value is -6.09. The molecule has 2 aromatic carbocycles. The maximum Gasteiger partial charge on any atom is 0.318 e. The van der Waals surface area contributed by atoms with Crippen molar-refractivity contribution in [2.24, 2.45) is 11.8 Å². The summed E-state index contributed by atoms with van der Waals surface area (Å²) in [6.45, 7) is 8.43. The molecular formula is C50H62N10O6. The molecule has 1 unspecified atom stereocenters. The van der Waals surface area contributed by atoms with Crippen LogP contribution in [0.4, 0.5) is 4.79 Å². The Morgan fingerprint density at radius 3 is 1.89 bits per heavy atom. The number of hydrogen-bond donors (Lipinski definition) is 5. The summed E-state index contributed by atoms with van der Waals surface area (Å²) in [5.74, 6) is 7.82. The Morgan fingerprint density at radius 2 is 1.38 bits per heavy atom. The van der Waals surface area contributed by atoms with Gasteiger partial charge in [-0.1, -0.05) is 74.3 Å². The maximum atomic E-state index is 14.4. The summed E-state index contributed by atoms with van der Waals surface area (Å²) in [5.41, 5.74) is 8.29. The number of aliphatic hydroxyl groups excluding tert-OH is 1. The van der Waals surface area contributed by atoms with Gasteiger partial charge in [-0.25, -0.2) is 14.8 Å². The summed E-state index contributed by atoms with van der Waals surface area (Å²) in [4.78, 5) is 71.0. The number of rotatable bonds is 15. The van der Waals surface area contributed by atoms with Gasteiger partial charge < -0.3 is 39.8 Å². The van der Waals surface area contributed by atoms with Gasteiger partial charge in [-0.05, 0) is 73.4 Å². The topological polar surface area (TPSA) is 184 Å². The van der Waals surface area contributed by atoms with E-state index in [-0.39, 0.29) is 55.2 Å². The summed E-state index contributed by atoms with van der Waals surface area (Å²) in [5, 5.41) is 12.4. The van der Waals surface area contributed by atoms with Crippen molar-refractivity contribution in [2.45, 2.75) is 70.1 Å². The lowest BCUT2D eigenvalue weighted by molar-refractivity contribution is -0.147. The van der Waals surface area contributed by atoms with Gasteiger partial charge in [0, 0.05) is 70.0 Å². The van der Waals surface area contributed by atoms with E-state index in [0.29, 0.717) is 52.2 Å². The van der Waals surface area contributed by atoms with Crippen molar-refractivity contribution in [1.82, 2.24) is 50.3 Å². The van der Waals surface area contributed by atoms with E-state index in [4.69, 9.17) is 19.5 Å². The van der Waals surface area contributed by atoms with E-state index in [1.165, 1.54) is 7.11 Å². The van der Waals surface area contributed by atoms with Crippen LogP contribution in [0.5, 0.6) is 0 Å². The van der Waals surface area contributed by atoms with Gasteiger partial charge in [0.25, 0.3) is 0 Å². The number of β-amino-alcohol motifs (C(OH)–C–C–N with tert-alkyl or cyclic N) is 1. The smallest absolute Gasteiger partial charge is 0.318 e. The number of hydrogen-bond acceptors (Lipinski definition) is 10. The molecule has 0 radical (unpaired) electrons. The number of aromatic amines is 2. The number of nitrogens with one attached hydrogen (secondary N) is 4. The molecule has 0 bridgehead atoms. The predicted molar refractivity (Wildman–Crippen MR) is 250 cm³/mol. The lowest BCUT2D eigenvalue weighted by Gasteiger charge is -2.37. The van der Waals surface area contributed by atoms with Gasteiger partial charge in [-0.2, -0.15) is 5.48 Å². The first-order chi connectivity index (χ1) is 32.2. The number of carbonyl (C=O) groups is 3. The maximum absolute atomic E-state index is 14.4. The molecule has 4 aliphatic rings. The van der Waals surface area contributed by atoms with E-state index in [1.807, 2.05) is 109 Å². The SMILES string of the molecule is COCON[C@H](C(=O)N1CCC[C@H]1c1ncc(-c2ccc(C#Cc3ccc(-c4cnc([C@@H]5CCCN5C(=O)[C@@H](NC(=O)N5CCN(CCO)CC5)C5C=CC=CC5)[nH]4)cc3)cc2)[nH]1)C(C)C. The van der Waals surface area contributed by atoms with Crippen molar-refractivity contribution in [1.29, 1.82) is 0 Å². The molecule has 4 amide bonds. The first-order valence-electron chi connectivity index (χ1n) is 23.2. The monoisotopic (exact) mass is 898 g/mol. The van der Waals surface area contributed by atoms with Crippen LogP contribution in [0.15, 0.2) is 85.2 Å². The van der Waals surface area contributed by atoms with E-state index in [1.54, 1.807) is 4.90 Å². The fourth-order valence-electron chi connectivity index (χ4n) is 9.30. The minimum atomic E-state index is -0.706. The molecule has 1 aliphatic carbocycles. The second-order valence-electron chi connectivity index (χ2n) is 17.7. The van der Waals surface area contributed by atoms with Gasteiger partial charge in [0.15, 0.2) is 6.79 Å². The van der Waals surface area contributed by atoms with Crippen molar-refractivity contribution in [3.63, 3.8) is 0 Å². The standard InChI is InChI=1S/C50H62N10O6/c1-34(2)44(56-66-33-65-3)48(62)59-23-7-11-42(59)46-51-31-40(53-46)37-19-15-35(16-20-37)13-14-36-17-21-38(22-18-36)41-32-52-47(54-41)43-12-8-24-60(43)49(63)45(39-9-5-4-6-10-39)55-50(64)58-27-25-57(26-28-58)29-30-61/h4-6,9,15-22,31-32,34,39,42-45,56,61H,7-8,10-12,23-30,33H2,1-3H3,(H,51,53)(H,52,54)(H,55,64)/t39?,42-,43-,44-,45-/m0/s1. The van der Waals surface area contributed by atoms with Crippen molar-refractivity contribution in [2.75, 3.05) is 66.3 Å². The highest BCUT2D eigenvalue weighted by Crippen LogP contribution is 2.35. The number of piperazine rings is 1. The number of amides is 4. The molecule has 5 heterocycles. The molecule has 16 heteroatoms. The quantitative estimate of drug-likeness (QED) is 0.0463. The Kier molecular flexibility index (Phi) is 15.4. The normalized spacial score (nSPS) is 20.7. The number of carbonyl (C=O) groups excluding carboxylic acids is 3. The van der Waals surface area contributed by atoms with Crippen LogP contribution < -0.4 is 10.8 Å². The zero-order valence-electron chi connectivity index (χ0n) is 38.1. The molecule has 0 spiro atoms. The van der Waals surface area contributed by atoms with E-state index in [9.17, 15) is 19.5 Å². The number of imidazole rings is 2. The number of nitrogens with zero attached hydrogens (tertiary/aromatic N) is 6. The fraction of sp³-hybridized carbons (Fsp3) is 0.460. The van der Waals surface area contributed by atoms with Crippen molar-refractivity contribution in [3.05, 3.63) is 108 Å². The molecule has 3 aliphatic heterocycles. The molecular weight excluding hydrogens is 837 g/mol. The van der Waals surface area contributed by atoms with Crippen LogP contribution in [0.1, 0.15) is 80.8 Å². The van der Waals surface area contributed by atoms with Crippen molar-refractivity contribution >= 4 is 17.8 Å². The van der Waals surface area contributed by atoms with Gasteiger partial charge in [-0.3, -0.25) is 19.3 Å². The summed E-state index contributed by atoms with van der Waals surface area (Å²) >= 11 is 0. The highest BCUT2D eigenvalue weighted by Gasteiger charge is 2.40. The van der Waals surface area contributed by atoms with Gasteiger partial charge >= 0.3 is 6.03 Å². The lowest BCUT2D eigenvalue weighted by atomic mass is 9.91. The predicted octanol–water partition coefficient (Wildman–Crippen LogP) is 5.16. The van der Waals surface area contributed by atoms with E-state index < -0.39 is 12.1 Å². The largest absolute Gasteiger partial charge is 0.395 e. The fourth-order valence-corrected chi connectivity index (χ4v) is 9.30. The van der Waals surface area contributed by atoms with Crippen molar-refractivity contribution < 1.29 is 29.1 Å². The summed E-state index contributed by atoms with van der Waals surface area (Å²) in [7, 11) is 1.54. The van der Waals surface area contributed by atoms with Gasteiger partial charge in [0.2, 0.25) is 11.8 Å². The van der Waals surface area contributed by atoms with Crippen LogP contribution in [0, 0.1) is 23.7 Å². The number of aliphatic hydroxyl groups is 1.